The maximum absolute atomic E-state index is 4.54. The first-order valence-electron chi connectivity index (χ1n) is 5.60. The van der Waals surface area contributed by atoms with Crippen LogP contribution in [0.2, 0.25) is 0 Å². The van der Waals surface area contributed by atoms with E-state index in [0.29, 0.717) is 5.92 Å². The third-order valence-electron chi connectivity index (χ3n) is 2.23. The van der Waals surface area contributed by atoms with Gasteiger partial charge in [-0.25, -0.2) is 0 Å². The fourth-order valence-corrected chi connectivity index (χ4v) is 1.45. The molecule has 80 valence electrons. The molecule has 1 aromatic rings. The maximum Gasteiger partial charge on any atom is 0.0624 e. The highest BCUT2D eigenvalue weighted by atomic mass is 15.3. The van der Waals surface area contributed by atoms with E-state index in [0.717, 1.165) is 18.9 Å². The van der Waals surface area contributed by atoms with Crippen molar-refractivity contribution in [1.29, 1.82) is 0 Å². The van der Waals surface area contributed by atoms with Crippen LogP contribution in [0.15, 0.2) is 12.3 Å². The number of rotatable bonds is 5. The second-order valence-corrected chi connectivity index (χ2v) is 4.86. The molecule has 1 aromatic heterocycles. The quantitative estimate of drug-likeness (QED) is 0.704. The fraction of sp³-hybridized carbons (Fsp3) is 0.750. The molecule has 0 aliphatic heterocycles. The molecule has 14 heavy (non-hydrogen) atoms. The highest BCUT2D eigenvalue weighted by molar-refractivity contribution is 4.99. The van der Waals surface area contributed by atoms with E-state index in [9.17, 15) is 0 Å². The van der Waals surface area contributed by atoms with Gasteiger partial charge in [0.2, 0.25) is 0 Å². The molecule has 0 unspecified atom stereocenters. The molecular weight excluding hydrogens is 172 g/mol. The van der Waals surface area contributed by atoms with Crippen LogP contribution < -0.4 is 0 Å². The van der Waals surface area contributed by atoms with E-state index < -0.39 is 0 Å². The van der Waals surface area contributed by atoms with Crippen molar-refractivity contribution in [1.82, 2.24) is 9.78 Å². The Labute approximate surface area is 87.3 Å². The first-order chi connectivity index (χ1) is 6.58. The minimum Gasteiger partial charge on any atom is -0.272 e. The monoisotopic (exact) mass is 194 g/mol. The summed E-state index contributed by atoms with van der Waals surface area (Å²) in [6.07, 6.45) is 4.44. The SMILES string of the molecule is CC(C)CCc1ccn(CC(C)C)n1. The van der Waals surface area contributed by atoms with Gasteiger partial charge in [0.15, 0.2) is 0 Å². The first kappa shape index (κ1) is 11.3. The minimum atomic E-state index is 0.674. The van der Waals surface area contributed by atoms with Crippen LogP contribution in [0.5, 0.6) is 0 Å². The van der Waals surface area contributed by atoms with Gasteiger partial charge >= 0.3 is 0 Å². The summed E-state index contributed by atoms with van der Waals surface area (Å²) in [5.74, 6) is 1.44. The van der Waals surface area contributed by atoms with Crippen LogP contribution in [0.3, 0.4) is 0 Å². The molecule has 0 fully saturated rings. The van der Waals surface area contributed by atoms with Crippen LogP contribution in [-0.2, 0) is 13.0 Å². The van der Waals surface area contributed by atoms with Crippen molar-refractivity contribution in [2.75, 3.05) is 0 Å². The number of hydrogen-bond acceptors (Lipinski definition) is 1. The predicted molar refractivity (Wildman–Crippen MR) is 60.2 cm³/mol. The third kappa shape index (κ3) is 3.95. The zero-order valence-corrected chi connectivity index (χ0v) is 9.83. The van der Waals surface area contributed by atoms with Gasteiger partial charge in [-0.05, 0) is 30.7 Å². The molecule has 0 amide bonds. The Morgan fingerprint density at radius 2 is 1.93 bits per heavy atom. The van der Waals surface area contributed by atoms with Crippen LogP contribution in [0.25, 0.3) is 0 Å². The number of hydrogen-bond donors (Lipinski definition) is 0. The number of nitrogens with zero attached hydrogens (tertiary/aromatic N) is 2. The van der Waals surface area contributed by atoms with Gasteiger partial charge in [-0.2, -0.15) is 5.10 Å². The van der Waals surface area contributed by atoms with Gasteiger partial charge in [0, 0.05) is 12.7 Å². The van der Waals surface area contributed by atoms with Crippen molar-refractivity contribution >= 4 is 0 Å². The maximum atomic E-state index is 4.54. The molecule has 0 N–H and O–H groups in total. The predicted octanol–water partition coefficient (Wildman–Crippen LogP) is 3.13. The topological polar surface area (TPSA) is 17.8 Å². The van der Waals surface area contributed by atoms with E-state index in [1.54, 1.807) is 0 Å². The zero-order valence-electron chi connectivity index (χ0n) is 9.83. The smallest absolute Gasteiger partial charge is 0.0624 e. The summed E-state index contributed by atoms with van der Waals surface area (Å²) >= 11 is 0. The normalized spacial score (nSPS) is 11.6. The Morgan fingerprint density at radius 1 is 1.21 bits per heavy atom. The highest BCUT2D eigenvalue weighted by Gasteiger charge is 2.02. The van der Waals surface area contributed by atoms with Crippen molar-refractivity contribution < 1.29 is 0 Å². The molecule has 2 heteroatoms. The molecule has 0 aliphatic carbocycles. The van der Waals surface area contributed by atoms with E-state index in [2.05, 4.69) is 49.7 Å². The Balaban J connectivity index is 2.42. The van der Waals surface area contributed by atoms with Crippen LogP contribution >= 0.6 is 0 Å². The van der Waals surface area contributed by atoms with E-state index in [1.165, 1.54) is 12.1 Å². The average Bonchev–Trinajstić information content (AvgIpc) is 2.47. The van der Waals surface area contributed by atoms with Crippen molar-refractivity contribution in [2.45, 2.75) is 47.1 Å². The molecule has 2 nitrogen and oxygen atoms in total. The molecule has 0 atom stereocenters. The van der Waals surface area contributed by atoms with E-state index in [4.69, 9.17) is 0 Å². The van der Waals surface area contributed by atoms with Crippen molar-refractivity contribution in [3.63, 3.8) is 0 Å². The van der Waals surface area contributed by atoms with Gasteiger partial charge in [-0.1, -0.05) is 27.7 Å². The Hall–Kier alpha value is -0.790. The van der Waals surface area contributed by atoms with Crippen LogP contribution in [0.4, 0.5) is 0 Å². The van der Waals surface area contributed by atoms with Gasteiger partial charge in [0.05, 0.1) is 5.69 Å². The number of aryl methyl sites for hydroxylation is 1. The van der Waals surface area contributed by atoms with Crippen LogP contribution in [0, 0.1) is 11.8 Å². The molecule has 0 spiro atoms. The van der Waals surface area contributed by atoms with Crippen molar-refractivity contribution in [2.24, 2.45) is 11.8 Å². The minimum absolute atomic E-state index is 0.674. The molecule has 0 aromatic carbocycles. The van der Waals surface area contributed by atoms with Gasteiger partial charge < -0.3 is 0 Å². The second-order valence-electron chi connectivity index (χ2n) is 4.86. The standard InChI is InChI=1S/C12H22N2/c1-10(2)5-6-12-7-8-14(13-12)9-11(3)4/h7-8,10-11H,5-6,9H2,1-4H3. The second kappa shape index (κ2) is 5.18. The molecule has 1 rings (SSSR count). The van der Waals surface area contributed by atoms with E-state index >= 15 is 0 Å². The molecule has 0 aliphatic rings. The van der Waals surface area contributed by atoms with Crippen molar-refractivity contribution in [3.8, 4) is 0 Å². The Morgan fingerprint density at radius 3 is 2.50 bits per heavy atom. The largest absolute Gasteiger partial charge is 0.272 e. The fourth-order valence-electron chi connectivity index (χ4n) is 1.45. The van der Waals surface area contributed by atoms with Gasteiger partial charge in [0.1, 0.15) is 0 Å². The summed E-state index contributed by atoms with van der Waals surface area (Å²) in [4.78, 5) is 0. The summed E-state index contributed by atoms with van der Waals surface area (Å²) < 4.78 is 2.06. The molecule has 0 saturated heterocycles. The lowest BCUT2D eigenvalue weighted by molar-refractivity contribution is 0.477. The molecular formula is C12H22N2. The van der Waals surface area contributed by atoms with E-state index in [1.807, 2.05) is 0 Å². The summed E-state index contributed by atoms with van der Waals surface area (Å²) in [5, 5.41) is 4.54. The lowest BCUT2D eigenvalue weighted by atomic mass is 10.1. The van der Waals surface area contributed by atoms with Crippen molar-refractivity contribution in [3.05, 3.63) is 18.0 Å². The third-order valence-corrected chi connectivity index (χ3v) is 2.23. The lowest BCUT2D eigenvalue weighted by Crippen LogP contribution is -2.05. The summed E-state index contributed by atoms with van der Waals surface area (Å²) in [7, 11) is 0. The highest BCUT2D eigenvalue weighted by Crippen LogP contribution is 2.07. The molecule has 0 radical (unpaired) electrons. The lowest BCUT2D eigenvalue weighted by Gasteiger charge is -2.04. The first-order valence-corrected chi connectivity index (χ1v) is 5.60. The summed E-state index contributed by atoms with van der Waals surface area (Å²) in [6, 6.07) is 2.14. The zero-order chi connectivity index (χ0) is 10.6. The van der Waals surface area contributed by atoms with Gasteiger partial charge in [-0.3, -0.25) is 4.68 Å². The van der Waals surface area contributed by atoms with Crippen LogP contribution in [0.1, 0.15) is 39.8 Å². The van der Waals surface area contributed by atoms with Gasteiger partial charge in [-0.15, -0.1) is 0 Å². The molecule has 1 heterocycles. The average molecular weight is 194 g/mol. The Kier molecular flexibility index (Phi) is 4.18. The van der Waals surface area contributed by atoms with Crippen LogP contribution in [-0.4, -0.2) is 9.78 Å². The van der Waals surface area contributed by atoms with Gasteiger partial charge in [0.25, 0.3) is 0 Å². The summed E-state index contributed by atoms with van der Waals surface area (Å²) in [6.45, 7) is 9.98. The van der Waals surface area contributed by atoms with E-state index in [-0.39, 0.29) is 0 Å². The molecule has 0 saturated carbocycles. The number of aromatic nitrogens is 2. The molecule has 0 bridgehead atoms. The summed E-state index contributed by atoms with van der Waals surface area (Å²) in [5.41, 5.74) is 1.24. The Bertz CT molecular complexity index is 261.